The Kier molecular flexibility index (Phi) is 9.07. The minimum absolute atomic E-state index is 0. The van der Waals surface area contributed by atoms with Crippen LogP contribution in [-0.4, -0.2) is 37.2 Å². The number of halogens is 3. The second-order valence-electron chi connectivity index (χ2n) is 8.60. The Hall–Kier alpha value is -3.35. The SMILES string of the molecule is O.O.O=C(c1c(O)c2cc3c4ccccc4n(-c4ccccc4)c3cc2n(-c2ccccc2)c1=O)C(F)(F)F.[Eu]. The van der Waals surface area contributed by atoms with E-state index in [0.717, 1.165) is 21.2 Å². The van der Waals surface area contributed by atoms with Crippen molar-refractivity contribution in [3.8, 4) is 17.1 Å². The molecule has 0 aliphatic rings. The first-order chi connectivity index (χ1) is 17.8. The number of benzene rings is 4. The van der Waals surface area contributed by atoms with Crippen LogP contribution < -0.4 is 5.56 Å². The third-order valence-electron chi connectivity index (χ3n) is 6.45. The van der Waals surface area contributed by atoms with Crippen LogP contribution in [-0.2, 0) is 0 Å². The number of rotatable bonds is 3. The minimum Gasteiger partial charge on any atom is -0.506 e. The van der Waals surface area contributed by atoms with Crippen molar-refractivity contribution >= 4 is 38.5 Å². The van der Waals surface area contributed by atoms with Crippen molar-refractivity contribution in [3.05, 3.63) is 113 Å². The third kappa shape index (κ3) is 4.88. The van der Waals surface area contributed by atoms with Gasteiger partial charge in [0.25, 0.3) is 11.3 Å². The maximum Gasteiger partial charge on any atom is 0.455 e. The number of carbonyl (C=O) groups is 1. The predicted octanol–water partition coefficient (Wildman–Crippen LogP) is 4.89. The van der Waals surface area contributed by atoms with Gasteiger partial charge in [0.15, 0.2) is 0 Å². The van der Waals surface area contributed by atoms with Crippen LogP contribution in [0.4, 0.5) is 13.2 Å². The van der Waals surface area contributed by atoms with Crippen LogP contribution in [0.5, 0.6) is 5.75 Å². The Morgan fingerprint density at radius 3 is 1.73 bits per heavy atom. The maximum absolute atomic E-state index is 13.5. The summed E-state index contributed by atoms with van der Waals surface area (Å²) >= 11 is 0. The van der Waals surface area contributed by atoms with Crippen molar-refractivity contribution in [1.82, 2.24) is 9.13 Å². The summed E-state index contributed by atoms with van der Waals surface area (Å²) < 4.78 is 43.4. The Bertz CT molecular complexity index is 1920. The molecule has 5 N–H and O–H groups in total. The van der Waals surface area contributed by atoms with Gasteiger partial charge in [-0.1, -0.05) is 54.6 Å². The zero-order valence-electron chi connectivity index (χ0n) is 20.4. The van der Waals surface area contributed by atoms with Gasteiger partial charge < -0.3 is 20.6 Å². The molecule has 0 amide bonds. The molecule has 2 aromatic heterocycles. The quantitative estimate of drug-likeness (QED) is 0.267. The number of nitrogens with zero attached hydrogens (tertiary/aromatic N) is 2. The number of alkyl halides is 3. The van der Waals surface area contributed by atoms with Gasteiger partial charge in [-0.25, -0.2) is 0 Å². The molecule has 2 heterocycles. The summed E-state index contributed by atoms with van der Waals surface area (Å²) in [7, 11) is 0. The number of ketones is 1. The molecule has 0 fully saturated rings. The van der Waals surface area contributed by atoms with E-state index < -0.39 is 28.8 Å². The van der Waals surface area contributed by atoms with Crippen molar-refractivity contribution in [2.45, 2.75) is 6.18 Å². The number of Topliss-reactive ketones (excluding diaryl/α,β-unsaturated/α-hetero) is 1. The average Bonchev–Trinajstić information content (AvgIpc) is 3.22. The van der Waals surface area contributed by atoms with Crippen molar-refractivity contribution in [2.24, 2.45) is 0 Å². The molecule has 0 atom stereocenters. The molecule has 0 spiro atoms. The first-order valence-electron chi connectivity index (χ1n) is 11.3. The van der Waals surface area contributed by atoms with Crippen LogP contribution >= 0.6 is 0 Å². The zero-order valence-corrected chi connectivity index (χ0v) is 22.8. The smallest absolute Gasteiger partial charge is 0.455 e. The Morgan fingerprint density at radius 2 is 1.15 bits per heavy atom. The molecule has 0 aliphatic heterocycles. The summed E-state index contributed by atoms with van der Waals surface area (Å²) in [5.41, 5.74) is 0.220. The van der Waals surface area contributed by atoms with Crippen LogP contribution in [0.15, 0.2) is 102 Å². The molecule has 1 radical (unpaired) electrons. The van der Waals surface area contributed by atoms with E-state index in [2.05, 4.69) is 0 Å². The molecule has 6 aromatic rings. The van der Waals surface area contributed by atoms with Crippen molar-refractivity contribution in [3.63, 3.8) is 0 Å². The van der Waals surface area contributed by atoms with E-state index in [1.54, 1.807) is 36.4 Å². The predicted molar refractivity (Wildman–Crippen MR) is 143 cm³/mol. The number of hydrogen-bond donors (Lipinski definition) is 1. The number of aromatic hydroxyl groups is 1. The van der Waals surface area contributed by atoms with E-state index in [9.17, 15) is 27.9 Å². The molecule has 40 heavy (non-hydrogen) atoms. The fraction of sp³-hybridized carbons (Fsp3) is 0.0345. The van der Waals surface area contributed by atoms with Gasteiger partial charge in [0.1, 0.15) is 11.3 Å². The largest absolute Gasteiger partial charge is 0.506 e. The van der Waals surface area contributed by atoms with Crippen LogP contribution in [0.2, 0.25) is 0 Å². The molecule has 205 valence electrons. The van der Waals surface area contributed by atoms with E-state index in [1.807, 2.05) is 59.2 Å². The monoisotopic (exact) mass is 687 g/mol. The van der Waals surface area contributed by atoms with Gasteiger partial charge in [-0.2, -0.15) is 13.2 Å². The minimum atomic E-state index is -5.34. The van der Waals surface area contributed by atoms with Crippen LogP contribution in [0, 0.1) is 49.4 Å². The summed E-state index contributed by atoms with van der Waals surface area (Å²) in [6.45, 7) is 0. The zero-order chi connectivity index (χ0) is 25.9. The Labute approximate surface area is 265 Å². The fourth-order valence-electron chi connectivity index (χ4n) is 4.87. The first-order valence-corrected chi connectivity index (χ1v) is 11.3. The number of carbonyl (C=O) groups excluding carboxylic acids is 1. The Balaban J connectivity index is 0.00000147. The number of aromatic nitrogens is 2. The summed E-state index contributed by atoms with van der Waals surface area (Å²) in [5.74, 6) is -3.39. The molecular weight excluding hydrogens is 665 g/mol. The van der Waals surface area contributed by atoms with E-state index >= 15 is 0 Å². The van der Waals surface area contributed by atoms with E-state index in [4.69, 9.17) is 0 Å². The number of hydrogen-bond acceptors (Lipinski definition) is 3. The average molecular weight is 686 g/mol. The molecule has 0 aliphatic carbocycles. The van der Waals surface area contributed by atoms with Gasteiger partial charge in [0.2, 0.25) is 0 Å². The summed E-state index contributed by atoms with van der Waals surface area (Å²) in [6.07, 6.45) is -5.34. The van der Waals surface area contributed by atoms with Crippen molar-refractivity contribution in [2.75, 3.05) is 0 Å². The number of pyridine rings is 1. The maximum atomic E-state index is 13.5. The molecular formula is C29H21EuF3N2O5. The van der Waals surface area contributed by atoms with E-state index in [0.29, 0.717) is 10.9 Å². The van der Waals surface area contributed by atoms with Crippen molar-refractivity contribution < 1.29 is 83.4 Å². The fourth-order valence-corrected chi connectivity index (χ4v) is 4.87. The first kappa shape index (κ1) is 31.2. The number of para-hydroxylation sites is 3. The van der Waals surface area contributed by atoms with Crippen molar-refractivity contribution in [1.29, 1.82) is 0 Å². The molecule has 0 saturated carbocycles. The van der Waals surface area contributed by atoms with Gasteiger partial charge >= 0.3 is 6.18 Å². The third-order valence-corrected chi connectivity index (χ3v) is 6.45. The molecule has 6 rings (SSSR count). The second kappa shape index (κ2) is 11.6. The van der Waals surface area contributed by atoms with Gasteiger partial charge in [-0.3, -0.25) is 14.2 Å². The standard InChI is InChI=1S/C29H17F3N2O3.Eu.2H2O/c30-29(31,32)27(36)25-26(35)21-15-20-19-13-7-8-14-22(19)33(17-9-3-1-4-10-17)23(20)16-24(21)34(28(25)37)18-11-5-2-6-12-18;;;/h1-16,35H;;2*1H2. The second-order valence-corrected chi connectivity index (χ2v) is 8.60. The number of fused-ring (bicyclic) bond motifs is 4. The van der Waals surface area contributed by atoms with Crippen LogP contribution in [0.1, 0.15) is 10.4 Å². The van der Waals surface area contributed by atoms with Crippen LogP contribution in [0.3, 0.4) is 0 Å². The molecule has 7 nitrogen and oxygen atoms in total. The normalized spacial score (nSPS) is 11.1. The van der Waals surface area contributed by atoms with Gasteiger partial charge in [0.05, 0.1) is 16.6 Å². The van der Waals surface area contributed by atoms with E-state index in [-0.39, 0.29) is 76.9 Å². The topological polar surface area (TPSA) is 127 Å². The van der Waals surface area contributed by atoms with Crippen LogP contribution in [0.25, 0.3) is 44.1 Å². The molecule has 4 aromatic carbocycles. The Morgan fingerprint density at radius 1 is 0.650 bits per heavy atom. The van der Waals surface area contributed by atoms with E-state index in [1.165, 1.54) is 6.07 Å². The summed E-state index contributed by atoms with van der Waals surface area (Å²) in [5, 5.41) is 12.3. The summed E-state index contributed by atoms with van der Waals surface area (Å²) in [6, 6.07) is 28.3. The van der Waals surface area contributed by atoms with Gasteiger partial charge in [0, 0.05) is 76.9 Å². The van der Waals surface area contributed by atoms with Gasteiger partial charge in [-0.05, 0) is 42.5 Å². The van der Waals surface area contributed by atoms with Gasteiger partial charge in [-0.15, -0.1) is 0 Å². The molecule has 0 saturated heterocycles. The molecule has 0 unspecified atom stereocenters. The molecule has 11 heteroatoms. The summed E-state index contributed by atoms with van der Waals surface area (Å²) in [4.78, 5) is 25.7. The molecule has 0 bridgehead atoms.